The predicted octanol–water partition coefficient (Wildman–Crippen LogP) is 2.07. The zero-order valence-electron chi connectivity index (χ0n) is 11.4. The molecule has 5 heteroatoms. The Morgan fingerprint density at radius 3 is 2.58 bits per heavy atom. The minimum atomic E-state index is -0.788. The van der Waals surface area contributed by atoms with Gasteiger partial charge < -0.3 is 15.3 Å². The molecule has 1 aliphatic heterocycles. The van der Waals surface area contributed by atoms with Crippen molar-refractivity contribution >= 4 is 12.0 Å². The molecular formula is C14H24N2O3. The van der Waals surface area contributed by atoms with E-state index >= 15 is 0 Å². The van der Waals surface area contributed by atoms with Gasteiger partial charge in [-0.25, -0.2) is 4.79 Å². The molecule has 5 nitrogen and oxygen atoms in total. The number of aliphatic carboxylic acids is 1. The summed E-state index contributed by atoms with van der Waals surface area (Å²) < 4.78 is 0. The molecule has 19 heavy (non-hydrogen) atoms. The molecule has 1 heterocycles. The summed E-state index contributed by atoms with van der Waals surface area (Å²) in [7, 11) is 0. The quantitative estimate of drug-likeness (QED) is 0.820. The largest absolute Gasteiger partial charge is 0.481 e. The van der Waals surface area contributed by atoms with Crippen LogP contribution in [0.4, 0.5) is 4.79 Å². The highest BCUT2D eigenvalue weighted by atomic mass is 16.4. The van der Waals surface area contributed by atoms with E-state index in [-0.39, 0.29) is 6.03 Å². The monoisotopic (exact) mass is 268 g/mol. The molecule has 1 atom stereocenters. The van der Waals surface area contributed by atoms with Gasteiger partial charge in [-0.3, -0.25) is 4.79 Å². The van der Waals surface area contributed by atoms with E-state index in [1.54, 1.807) is 4.90 Å². The first-order valence-electron chi connectivity index (χ1n) is 7.42. The molecule has 1 aliphatic carbocycles. The Morgan fingerprint density at radius 1 is 1.16 bits per heavy atom. The van der Waals surface area contributed by atoms with E-state index in [1.165, 1.54) is 25.7 Å². The van der Waals surface area contributed by atoms with E-state index in [4.69, 9.17) is 5.11 Å². The van der Waals surface area contributed by atoms with Gasteiger partial charge in [-0.2, -0.15) is 0 Å². The average molecular weight is 268 g/mol. The van der Waals surface area contributed by atoms with Crippen molar-refractivity contribution < 1.29 is 14.7 Å². The highest BCUT2D eigenvalue weighted by Crippen LogP contribution is 2.26. The molecule has 0 aromatic rings. The van der Waals surface area contributed by atoms with Crippen molar-refractivity contribution in [1.82, 2.24) is 10.2 Å². The summed E-state index contributed by atoms with van der Waals surface area (Å²) in [5, 5.41) is 11.9. The van der Waals surface area contributed by atoms with E-state index in [1.807, 2.05) is 0 Å². The van der Waals surface area contributed by atoms with Gasteiger partial charge in [-0.15, -0.1) is 0 Å². The van der Waals surface area contributed by atoms with E-state index in [9.17, 15) is 9.59 Å². The molecule has 2 fully saturated rings. The van der Waals surface area contributed by atoms with Crippen LogP contribution in [0.2, 0.25) is 0 Å². The summed E-state index contributed by atoms with van der Waals surface area (Å²) in [5.74, 6) is -0.411. The first-order valence-corrected chi connectivity index (χ1v) is 7.42. The lowest BCUT2D eigenvalue weighted by atomic mass is 9.99. The third kappa shape index (κ3) is 4.11. The predicted molar refractivity (Wildman–Crippen MR) is 71.9 cm³/mol. The Bertz CT molecular complexity index is 327. The molecule has 1 saturated carbocycles. The second-order valence-corrected chi connectivity index (χ2v) is 5.79. The molecule has 2 aliphatic rings. The van der Waals surface area contributed by atoms with E-state index < -0.39 is 11.9 Å². The number of carboxylic acid groups (broad SMARTS) is 1. The number of nitrogens with one attached hydrogen (secondary N) is 1. The van der Waals surface area contributed by atoms with Gasteiger partial charge in [-0.1, -0.05) is 25.7 Å². The summed E-state index contributed by atoms with van der Waals surface area (Å²) >= 11 is 0. The molecule has 2 N–H and O–H groups in total. The van der Waals surface area contributed by atoms with Crippen molar-refractivity contribution in [2.45, 2.75) is 44.9 Å². The van der Waals surface area contributed by atoms with Gasteiger partial charge >= 0.3 is 12.0 Å². The van der Waals surface area contributed by atoms with Gasteiger partial charge in [0.2, 0.25) is 0 Å². The molecule has 0 spiro atoms. The van der Waals surface area contributed by atoms with Crippen molar-refractivity contribution in [2.75, 3.05) is 19.6 Å². The number of carbonyl (C=O) groups is 2. The Kier molecular flexibility index (Phi) is 5.05. The number of carboxylic acids is 1. The van der Waals surface area contributed by atoms with Gasteiger partial charge in [-0.05, 0) is 25.2 Å². The van der Waals surface area contributed by atoms with Crippen molar-refractivity contribution in [2.24, 2.45) is 11.8 Å². The molecule has 0 unspecified atom stereocenters. The SMILES string of the molecule is O=C(O)[C@H]1CCCN(C(=O)NCCC2CCCC2)C1. The molecule has 1 saturated heterocycles. The van der Waals surface area contributed by atoms with Crippen LogP contribution < -0.4 is 5.32 Å². The van der Waals surface area contributed by atoms with Gasteiger partial charge in [0.25, 0.3) is 0 Å². The number of hydrogen-bond donors (Lipinski definition) is 2. The maximum Gasteiger partial charge on any atom is 0.317 e. The third-order valence-corrected chi connectivity index (χ3v) is 4.36. The smallest absolute Gasteiger partial charge is 0.317 e. The molecule has 0 radical (unpaired) electrons. The second kappa shape index (κ2) is 6.78. The Morgan fingerprint density at radius 2 is 1.89 bits per heavy atom. The summed E-state index contributed by atoms with van der Waals surface area (Å²) in [5.41, 5.74) is 0. The fourth-order valence-corrected chi connectivity index (χ4v) is 3.16. The van der Waals surface area contributed by atoms with Crippen LogP contribution in [0.15, 0.2) is 0 Å². The van der Waals surface area contributed by atoms with Gasteiger partial charge in [0.1, 0.15) is 0 Å². The molecular weight excluding hydrogens is 244 g/mol. The van der Waals surface area contributed by atoms with Crippen molar-refractivity contribution in [3.8, 4) is 0 Å². The van der Waals surface area contributed by atoms with Gasteiger partial charge in [0.05, 0.1) is 5.92 Å². The lowest BCUT2D eigenvalue weighted by Crippen LogP contribution is -2.47. The lowest BCUT2D eigenvalue weighted by molar-refractivity contribution is -0.143. The van der Waals surface area contributed by atoms with E-state index in [2.05, 4.69) is 5.32 Å². The van der Waals surface area contributed by atoms with Crippen molar-refractivity contribution in [1.29, 1.82) is 0 Å². The molecule has 2 amide bonds. The van der Waals surface area contributed by atoms with Crippen LogP contribution in [0.5, 0.6) is 0 Å². The molecule has 0 aromatic carbocycles. The molecule has 2 rings (SSSR count). The Balaban J connectivity index is 1.68. The van der Waals surface area contributed by atoms with Crippen LogP contribution in [-0.2, 0) is 4.79 Å². The topological polar surface area (TPSA) is 69.6 Å². The third-order valence-electron chi connectivity index (χ3n) is 4.36. The number of carbonyl (C=O) groups excluding carboxylic acids is 1. The van der Waals surface area contributed by atoms with Crippen LogP contribution in [0.25, 0.3) is 0 Å². The standard InChI is InChI=1S/C14H24N2O3/c17-13(18)12-6-3-9-16(10-12)14(19)15-8-7-11-4-1-2-5-11/h11-12H,1-10H2,(H,15,19)(H,17,18)/t12-/m0/s1. The van der Waals surface area contributed by atoms with Crippen LogP contribution in [0.3, 0.4) is 0 Å². The lowest BCUT2D eigenvalue weighted by Gasteiger charge is -2.30. The number of likely N-dealkylation sites (tertiary alicyclic amines) is 1. The number of rotatable bonds is 4. The van der Waals surface area contributed by atoms with E-state index in [0.717, 1.165) is 25.3 Å². The second-order valence-electron chi connectivity index (χ2n) is 5.79. The average Bonchev–Trinajstić information content (AvgIpc) is 2.92. The number of hydrogen-bond acceptors (Lipinski definition) is 2. The number of amides is 2. The normalized spacial score (nSPS) is 24.4. The van der Waals surface area contributed by atoms with Crippen molar-refractivity contribution in [3.63, 3.8) is 0 Å². The highest BCUT2D eigenvalue weighted by molar-refractivity contribution is 5.76. The Hall–Kier alpha value is -1.26. The van der Waals surface area contributed by atoms with Gasteiger partial charge in [0.15, 0.2) is 0 Å². The molecule has 0 bridgehead atoms. The summed E-state index contributed by atoms with van der Waals surface area (Å²) in [4.78, 5) is 24.6. The van der Waals surface area contributed by atoms with E-state index in [0.29, 0.717) is 19.5 Å². The number of nitrogens with zero attached hydrogens (tertiary/aromatic N) is 1. The minimum absolute atomic E-state index is 0.0936. The van der Waals surface area contributed by atoms with Crippen LogP contribution >= 0.6 is 0 Å². The first kappa shape index (κ1) is 14.2. The maximum absolute atomic E-state index is 12.0. The van der Waals surface area contributed by atoms with Crippen LogP contribution in [-0.4, -0.2) is 41.6 Å². The number of urea groups is 1. The summed E-state index contributed by atoms with van der Waals surface area (Å²) in [6.45, 7) is 1.75. The highest BCUT2D eigenvalue weighted by Gasteiger charge is 2.28. The summed E-state index contributed by atoms with van der Waals surface area (Å²) in [6.07, 6.45) is 7.76. The zero-order valence-corrected chi connectivity index (χ0v) is 11.4. The van der Waals surface area contributed by atoms with Crippen LogP contribution in [0, 0.1) is 11.8 Å². The molecule has 108 valence electrons. The Labute approximate surface area is 114 Å². The minimum Gasteiger partial charge on any atom is -0.481 e. The van der Waals surface area contributed by atoms with Crippen LogP contribution in [0.1, 0.15) is 44.9 Å². The fourth-order valence-electron chi connectivity index (χ4n) is 3.16. The fraction of sp³-hybridized carbons (Fsp3) is 0.857. The first-order chi connectivity index (χ1) is 9.16. The summed E-state index contributed by atoms with van der Waals surface area (Å²) in [6, 6.07) is -0.0936. The number of piperidine rings is 1. The zero-order chi connectivity index (χ0) is 13.7. The maximum atomic E-state index is 12.0. The van der Waals surface area contributed by atoms with Gasteiger partial charge in [0, 0.05) is 19.6 Å². The van der Waals surface area contributed by atoms with Crippen molar-refractivity contribution in [3.05, 3.63) is 0 Å². The molecule has 0 aromatic heterocycles.